The van der Waals surface area contributed by atoms with Crippen molar-refractivity contribution in [2.75, 3.05) is 19.6 Å². The van der Waals surface area contributed by atoms with Crippen LogP contribution in [0.1, 0.15) is 23.3 Å². The van der Waals surface area contributed by atoms with Gasteiger partial charge in [-0.2, -0.15) is 0 Å². The highest BCUT2D eigenvalue weighted by Crippen LogP contribution is 2.26. The summed E-state index contributed by atoms with van der Waals surface area (Å²) in [4.78, 5) is 15.3. The molecule has 4 nitrogen and oxygen atoms in total. The van der Waals surface area contributed by atoms with E-state index in [2.05, 4.69) is 22.3 Å². The highest BCUT2D eigenvalue weighted by atomic mass is 32.1. The number of aliphatic hydroxyl groups is 1. The van der Waals surface area contributed by atoms with Gasteiger partial charge in [-0.15, -0.1) is 11.3 Å². The van der Waals surface area contributed by atoms with Crippen LogP contribution in [-0.4, -0.2) is 41.1 Å². The van der Waals surface area contributed by atoms with Crippen LogP contribution >= 0.6 is 11.3 Å². The molecule has 0 atom stereocenters. The molecule has 1 saturated heterocycles. The minimum atomic E-state index is -0.648. The third kappa shape index (κ3) is 4.90. The molecule has 128 valence electrons. The van der Waals surface area contributed by atoms with E-state index < -0.39 is 5.60 Å². The maximum Gasteiger partial charge on any atom is 0.234 e. The van der Waals surface area contributed by atoms with E-state index >= 15 is 0 Å². The molecular formula is C19H24N2O2S. The van der Waals surface area contributed by atoms with Crippen molar-refractivity contribution in [2.24, 2.45) is 0 Å². The zero-order chi connectivity index (χ0) is 16.8. The van der Waals surface area contributed by atoms with E-state index in [1.807, 2.05) is 35.7 Å². The summed E-state index contributed by atoms with van der Waals surface area (Å²) in [6, 6.07) is 14.1. The molecule has 0 saturated carbocycles. The fourth-order valence-electron chi connectivity index (χ4n) is 3.14. The first-order valence-electron chi connectivity index (χ1n) is 8.41. The van der Waals surface area contributed by atoms with Crippen LogP contribution in [0.15, 0.2) is 47.8 Å². The quantitative estimate of drug-likeness (QED) is 0.846. The van der Waals surface area contributed by atoms with Crippen LogP contribution in [0, 0.1) is 0 Å². The lowest BCUT2D eigenvalue weighted by molar-refractivity contribution is -0.123. The summed E-state index contributed by atoms with van der Waals surface area (Å²) in [5, 5.41) is 15.8. The largest absolute Gasteiger partial charge is 0.389 e. The molecule has 3 rings (SSSR count). The summed E-state index contributed by atoms with van der Waals surface area (Å²) >= 11 is 1.65. The summed E-state index contributed by atoms with van der Waals surface area (Å²) in [5.74, 6) is 0.0527. The lowest BCUT2D eigenvalue weighted by atomic mass is 9.85. The first-order chi connectivity index (χ1) is 11.6. The maximum absolute atomic E-state index is 12.0. The predicted molar refractivity (Wildman–Crippen MR) is 96.9 cm³/mol. The van der Waals surface area contributed by atoms with Crippen LogP contribution in [-0.2, 0) is 17.8 Å². The van der Waals surface area contributed by atoms with E-state index in [-0.39, 0.29) is 5.91 Å². The number of nitrogens with zero attached hydrogens (tertiary/aromatic N) is 1. The average Bonchev–Trinajstić information content (AvgIpc) is 3.10. The Labute approximate surface area is 147 Å². The van der Waals surface area contributed by atoms with Crippen LogP contribution in [0.2, 0.25) is 0 Å². The monoisotopic (exact) mass is 344 g/mol. The van der Waals surface area contributed by atoms with Gasteiger partial charge >= 0.3 is 0 Å². The number of piperidine rings is 1. The number of likely N-dealkylation sites (tertiary alicyclic amines) is 1. The first-order valence-corrected chi connectivity index (χ1v) is 9.29. The van der Waals surface area contributed by atoms with Crippen molar-refractivity contribution in [3.63, 3.8) is 0 Å². The van der Waals surface area contributed by atoms with E-state index in [1.165, 1.54) is 10.4 Å². The van der Waals surface area contributed by atoms with E-state index in [0.717, 1.165) is 13.1 Å². The van der Waals surface area contributed by atoms with Gasteiger partial charge < -0.3 is 10.4 Å². The van der Waals surface area contributed by atoms with Gasteiger partial charge in [0.25, 0.3) is 0 Å². The Morgan fingerprint density at radius 3 is 2.58 bits per heavy atom. The third-order valence-electron chi connectivity index (χ3n) is 4.57. The van der Waals surface area contributed by atoms with Crippen LogP contribution in [0.5, 0.6) is 0 Å². The Morgan fingerprint density at radius 2 is 1.92 bits per heavy atom. The molecule has 24 heavy (non-hydrogen) atoms. The molecule has 1 aromatic carbocycles. The molecule has 0 unspecified atom stereocenters. The van der Waals surface area contributed by atoms with Crippen molar-refractivity contribution < 1.29 is 9.90 Å². The van der Waals surface area contributed by atoms with Crippen molar-refractivity contribution in [1.29, 1.82) is 0 Å². The number of nitrogens with one attached hydrogen (secondary N) is 1. The number of thiophene rings is 1. The number of carbonyl (C=O) groups excluding carboxylic acids is 1. The molecule has 1 amide bonds. The lowest BCUT2D eigenvalue weighted by Crippen LogP contribution is -2.48. The second kappa shape index (κ2) is 7.92. The SMILES string of the molecule is O=C(CN1CCC(O)(Cc2ccccc2)CC1)NCc1cccs1. The number of amides is 1. The van der Waals surface area contributed by atoms with Crippen LogP contribution in [0.25, 0.3) is 0 Å². The summed E-state index contributed by atoms with van der Waals surface area (Å²) in [7, 11) is 0. The number of carbonyl (C=O) groups is 1. The topological polar surface area (TPSA) is 52.6 Å². The van der Waals surface area contributed by atoms with Gasteiger partial charge in [0.2, 0.25) is 5.91 Å². The van der Waals surface area contributed by atoms with Gasteiger partial charge in [-0.05, 0) is 29.9 Å². The zero-order valence-electron chi connectivity index (χ0n) is 13.8. The molecular weight excluding hydrogens is 320 g/mol. The predicted octanol–water partition coefficient (Wildman–Crippen LogP) is 2.43. The Bertz CT molecular complexity index is 635. The highest BCUT2D eigenvalue weighted by Gasteiger charge is 2.32. The number of hydrogen-bond donors (Lipinski definition) is 2. The second-order valence-electron chi connectivity index (χ2n) is 6.52. The molecule has 2 heterocycles. The smallest absolute Gasteiger partial charge is 0.234 e. The molecule has 0 spiro atoms. The van der Waals surface area contributed by atoms with Gasteiger partial charge in [0, 0.05) is 24.4 Å². The van der Waals surface area contributed by atoms with Gasteiger partial charge in [-0.25, -0.2) is 0 Å². The van der Waals surface area contributed by atoms with E-state index in [0.29, 0.717) is 32.4 Å². The molecule has 1 aliphatic rings. The van der Waals surface area contributed by atoms with Crippen LogP contribution in [0.4, 0.5) is 0 Å². The first kappa shape index (κ1) is 17.1. The third-order valence-corrected chi connectivity index (χ3v) is 5.45. The fourth-order valence-corrected chi connectivity index (χ4v) is 3.78. The van der Waals surface area contributed by atoms with E-state index in [1.54, 1.807) is 11.3 Å². The Balaban J connectivity index is 1.42. The highest BCUT2D eigenvalue weighted by molar-refractivity contribution is 7.09. The van der Waals surface area contributed by atoms with Crippen molar-refractivity contribution in [1.82, 2.24) is 10.2 Å². The van der Waals surface area contributed by atoms with E-state index in [9.17, 15) is 9.90 Å². The maximum atomic E-state index is 12.0. The van der Waals surface area contributed by atoms with Crippen molar-refractivity contribution in [3.05, 3.63) is 58.3 Å². The lowest BCUT2D eigenvalue weighted by Gasteiger charge is -2.38. The van der Waals surface area contributed by atoms with E-state index in [4.69, 9.17) is 0 Å². The summed E-state index contributed by atoms with van der Waals surface area (Å²) in [6.45, 7) is 2.53. The van der Waals surface area contributed by atoms with Gasteiger partial charge in [0.15, 0.2) is 0 Å². The van der Waals surface area contributed by atoms with Crippen molar-refractivity contribution in [2.45, 2.75) is 31.4 Å². The molecule has 1 aliphatic heterocycles. The van der Waals surface area contributed by atoms with Crippen molar-refractivity contribution in [3.8, 4) is 0 Å². The van der Waals surface area contributed by atoms with Gasteiger partial charge in [0.1, 0.15) is 0 Å². The summed E-state index contributed by atoms with van der Waals surface area (Å²) < 4.78 is 0. The van der Waals surface area contributed by atoms with Crippen LogP contribution in [0.3, 0.4) is 0 Å². The normalized spacial score (nSPS) is 17.5. The zero-order valence-corrected chi connectivity index (χ0v) is 14.6. The van der Waals surface area contributed by atoms with Crippen molar-refractivity contribution >= 4 is 17.2 Å². The molecule has 5 heteroatoms. The fraction of sp³-hybridized carbons (Fsp3) is 0.421. The molecule has 0 radical (unpaired) electrons. The molecule has 0 bridgehead atoms. The number of rotatable bonds is 6. The van der Waals surface area contributed by atoms with Gasteiger partial charge in [-0.3, -0.25) is 9.69 Å². The average molecular weight is 344 g/mol. The second-order valence-corrected chi connectivity index (χ2v) is 7.55. The Hall–Kier alpha value is -1.69. The van der Waals surface area contributed by atoms with Gasteiger partial charge in [-0.1, -0.05) is 36.4 Å². The minimum absolute atomic E-state index is 0.0527. The summed E-state index contributed by atoms with van der Waals surface area (Å²) in [5.41, 5.74) is 0.521. The molecule has 2 N–H and O–H groups in total. The standard InChI is InChI=1S/C19H24N2O2S/c22-18(20-14-17-7-4-12-24-17)15-21-10-8-19(23,9-11-21)13-16-5-2-1-3-6-16/h1-7,12,23H,8-11,13-15H2,(H,20,22). The molecule has 1 aromatic heterocycles. The summed E-state index contributed by atoms with van der Waals surface area (Å²) in [6.07, 6.45) is 2.10. The van der Waals surface area contributed by atoms with Gasteiger partial charge in [0.05, 0.1) is 18.7 Å². The molecule has 0 aliphatic carbocycles. The number of benzene rings is 1. The minimum Gasteiger partial charge on any atom is -0.389 e. The molecule has 1 fully saturated rings. The van der Waals surface area contributed by atoms with Crippen LogP contribution < -0.4 is 5.32 Å². The Morgan fingerprint density at radius 1 is 1.17 bits per heavy atom. The Kier molecular flexibility index (Phi) is 5.66. The number of hydrogen-bond acceptors (Lipinski definition) is 4. The molecule has 2 aromatic rings.